The predicted molar refractivity (Wildman–Crippen MR) is 126 cm³/mol. The van der Waals surface area contributed by atoms with Crippen LogP contribution in [0.2, 0.25) is 0 Å². The van der Waals surface area contributed by atoms with Crippen molar-refractivity contribution in [2.45, 2.75) is 33.5 Å². The molecule has 2 aromatic heterocycles. The number of rotatable bonds is 8. The molecule has 32 heavy (non-hydrogen) atoms. The van der Waals surface area contributed by atoms with Crippen molar-refractivity contribution in [3.8, 4) is 11.5 Å². The van der Waals surface area contributed by atoms with Gasteiger partial charge in [-0.15, -0.1) is 0 Å². The van der Waals surface area contributed by atoms with E-state index in [-0.39, 0.29) is 0 Å². The first kappa shape index (κ1) is 21.4. The molecule has 2 aromatic carbocycles. The summed E-state index contributed by atoms with van der Waals surface area (Å²) in [5.41, 5.74) is 5.37. The largest absolute Gasteiger partial charge is 0.444 e. The topological polar surface area (TPSA) is 80.3 Å². The third kappa shape index (κ3) is 5.63. The highest BCUT2D eigenvalue weighted by molar-refractivity contribution is 5.79. The molecule has 0 amide bonds. The molecule has 0 unspecified atom stereocenters. The molecule has 0 aliphatic rings. The van der Waals surface area contributed by atoms with E-state index < -0.39 is 0 Å². The average Bonchev–Trinajstić information content (AvgIpc) is 3.49. The van der Waals surface area contributed by atoms with Gasteiger partial charge < -0.3 is 15.1 Å². The summed E-state index contributed by atoms with van der Waals surface area (Å²) in [4.78, 5) is 9.36. The predicted octanol–water partition coefficient (Wildman–Crippen LogP) is 4.15. The van der Waals surface area contributed by atoms with Crippen molar-refractivity contribution in [1.82, 2.24) is 25.4 Å². The molecule has 0 aliphatic heterocycles. The van der Waals surface area contributed by atoms with Crippen molar-refractivity contribution >= 4 is 5.96 Å². The number of hydrogen-bond acceptors (Lipinski definition) is 4. The summed E-state index contributed by atoms with van der Waals surface area (Å²) in [6.45, 7) is 6.70. The summed E-state index contributed by atoms with van der Waals surface area (Å²) in [5.74, 6) is 1.36. The molecule has 0 fully saturated rings. The summed E-state index contributed by atoms with van der Waals surface area (Å²) in [7, 11) is 0. The Morgan fingerprint density at radius 3 is 2.59 bits per heavy atom. The maximum atomic E-state index is 5.66. The van der Waals surface area contributed by atoms with Gasteiger partial charge in [0.25, 0.3) is 0 Å². The molecule has 4 rings (SSSR count). The number of nitrogens with one attached hydrogen (secondary N) is 2. The summed E-state index contributed by atoms with van der Waals surface area (Å²) >= 11 is 0. The molecule has 0 atom stereocenters. The van der Waals surface area contributed by atoms with Crippen LogP contribution in [0.25, 0.3) is 11.5 Å². The average molecular weight is 429 g/mol. The van der Waals surface area contributed by atoms with Gasteiger partial charge in [-0.1, -0.05) is 42.0 Å². The molecule has 164 valence electrons. The third-order valence-electron chi connectivity index (χ3n) is 5.05. The van der Waals surface area contributed by atoms with Crippen LogP contribution in [0.5, 0.6) is 0 Å². The van der Waals surface area contributed by atoms with Crippen LogP contribution in [0.1, 0.15) is 29.3 Å². The molecule has 2 N–H and O–H groups in total. The van der Waals surface area contributed by atoms with E-state index in [1.807, 2.05) is 41.2 Å². The Labute approximate surface area is 188 Å². The van der Waals surface area contributed by atoms with Crippen molar-refractivity contribution < 1.29 is 4.42 Å². The minimum Gasteiger partial charge on any atom is -0.444 e. The van der Waals surface area contributed by atoms with Gasteiger partial charge in [-0.3, -0.25) is 4.68 Å². The van der Waals surface area contributed by atoms with Crippen LogP contribution in [0, 0.1) is 6.92 Å². The van der Waals surface area contributed by atoms with E-state index >= 15 is 0 Å². The first-order valence-electron chi connectivity index (χ1n) is 10.8. The van der Waals surface area contributed by atoms with Gasteiger partial charge in [0.1, 0.15) is 6.26 Å². The summed E-state index contributed by atoms with van der Waals surface area (Å²) in [5, 5.41) is 10.9. The molecular weight excluding hydrogens is 400 g/mol. The molecule has 4 aromatic rings. The van der Waals surface area contributed by atoms with Crippen LogP contribution in [-0.2, 0) is 19.6 Å². The van der Waals surface area contributed by atoms with Gasteiger partial charge in [0.2, 0.25) is 5.89 Å². The van der Waals surface area contributed by atoms with E-state index in [1.54, 1.807) is 12.5 Å². The van der Waals surface area contributed by atoms with Crippen molar-refractivity contribution in [2.75, 3.05) is 6.54 Å². The summed E-state index contributed by atoms with van der Waals surface area (Å²) < 4.78 is 7.58. The Balaban J connectivity index is 1.41. The number of nitrogens with zero attached hydrogens (tertiary/aromatic N) is 4. The lowest BCUT2D eigenvalue weighted by molar-refractivity contribution is 0.572. The van der Waals surface area contributed by atoms with Crippen LogP contribution >= 0.6 is 0 Å². The minimum absolute atomic E-state index is 0.524. The van der Waals surface area contributed by atoms with Crippen LogP contribution < -0.4 is 10.6 Å². The Morgan fingerprint density at radius 1 is 1.03 bits per heavy atom. The molecule has 0 spiro atoms. The van der Waals surface area contributed by atoms with Crippen molar-refractivity contribution in [3.63, 3.8) is 0 Å². The van der Waals surface area contributed by atoms with E-state index in [0.717, 1.165) is 30.3 Å². The molecule has 0 saturated heterocycles. The van der Waals surface area contributed by atoms with E-state index in [9.17, 15) is 0 Å². The van der Waals surface area contributed by atoms with Crippen molar-refractivity contribution in [3.05, 3.63) is 95.6 Å². The number of aromatic nitrogens is 3. The fraction of sp³-hybridized carbons (Fsp3) is 0.240. The normalized spacial score (nSPS) is 11.5. The second-order valence-electron chi connectivity index (χ2n) is 7.53. The number of aryl methyl sites for hydroxylation is 1. The van der Waals surface area contributed by atoms with Crippen LogP contribution in [0.4, 0.5) is 0 Å². The maximum absolute atomic E-state index is 5.66. The SMILES string of the molecule is CCNC(=NCc1ccccc1Cn1cccn1)NCc1coc(-c2ccc(C)cc2)n1. The first-order valence-corrected chi connectivity index (χ1v) is 10.8. The highest BCUT2D eigenvalue weighted by Crippen LogP contribution is 2.19. The molecular formula is C25H28N6O. The van der Waals surface area contributed by atoms with Gasteiger partial charge in [0.05, 0.1) is 25.3 Å². The standard InChI is InChI=1S/C25H28N6O/c1-3-26-25(27-15-21-7-4-5-8-22(21)17-31-14-6-13-29-31)28-16-23-18-32-24(30-23)20-11-9-19(2)10-12-20/h4-14,18H,3,15-17H2,1-2H3,(H2,26,27,28). The van der Waals surface area contributed by atoms with E-state index in [2.05, 4.69) is 58.8 Å². The van der Waals surface area contributed by atoms with Gasteiger partial charge in [-0.25, -0.2) is 9.98 Å². The zero-order valence-electron chi connectivity index (χ0n) is 18.5. The molecule has 2 heterocycles. The number of aliphatic imine (C=N–C) groups is 1. The van der Waals surface area contributed by atoms with Gasteiger partial charge in [0.15, 0.2) is 5.96 Å². The summed E-state index contributed by atoms with van der Waals surface area (Å²) in [6.07, 6.45) is 5.45. The zero-order chi connectivity index (χ0) is 22.2. The van der Waals surface area contributed by atoms with Gasteiger partial charge in [0, 0.05) is 24.5 Å². The van der Waals surface area contributed by atoms with Crippen molar-refractivity contribution in [1.29, 1.82) is 0 Å². The van der Waals surface area contributed by atoms with E-state index in [4.69, 9.17) is 9.41 Å². The van der Waals surface area contributed by atoms with Gasteiger partial charge in [-0.2, -0.15) is 5.10 Å². The highest BCUT2D eigenvalue weighted by Gasteiger charge is 2.08. The molecule has 7 nitrogen and oxygen atoms in total. The second-order valence-corrected chi connectivity index (χ2v) is 7.53. The maximum Gasteiger partial charge on any atom is 0.226 e. The molecule has 0 aliphatic carbocycles. The second kappa shape index (κ2) is 10.4. The molecule has 0 saturated carbocycles. The van der Waals surface area contributed by atoms with Crippen LogP contribution in [0.3, 0.4) is 0 Å². The quantitative estimate of drug-likeness (QED) is 0.326. The Kier molecular flexibility index (Phi) is 6.97. The molecule has 0 bridgehead atoms. The third-order valence-corrected chi connectivity index (χ3v) is 5.05. The lowest BCUT2D eigenvalue weighted by Crippen LogP contribution is -2.36. The number of hydrogen-bond donors (Lipinski definition) is 2. The lowest BCUT2D eigenvalue weighted by Gasteiger charge is -2.12. The number of guanidine groups is 1. The molecule has 7 heteroatoms. The smallest absolute Gasteiger partial charge is 0.226 e. The number of oxazole rings is 1. The van der Waals surface area contributed by atoms with Gasteiger partial charge >= 0.3 is 0 Å². The monoisotopic (exact) mass is 428 g/mol. The fourth-order valence-corrected chi connectivity index (χ4v) is 3.33. The fourth-order valence-electron chi connectivity index (χ4n) is 3.33. The van der Waals surface area contributed by atoms with E-state index in [1.165, 1.54) is 16.7 Å². The Bertz CT molecular complexity index is 1150. The molecule has 0 radical (unpaired) electrons. The van der Waals surface area contributed by atoms with Crippen LogP contribution in [-0.4, -0.2) is 27.3 Å². The number of benzene rings is 2. The van der Waals surface area contributed by atoms with Crippen LogP contribution in [0.15, 0.2) is 82.7 Å². The first-order chi connectivity index (χ1) is 15.7. The lowest BCUT2D eigenvalue weighted by atomic mass is 10.1. The van der Waals surface area contributed by atoms with Gasteiger partial charge in [-0.05, 0) is 43.2 Å². The summed E-state index contributed by atoms with van der Waals surface area (Å²) in [6, 6.07) is 18.4. The minimum atomic E-state index is 0.524. The van der Waals surface area contributed by atoms with E-state index in [0.29, 0.717) is 19.0 Å². The Hall–Kier alpha value is -3.87. The zero-order valence-corrected chi connectivity index (χ0v) is 18.5. The Morgan fingerprint density at radius 2 is 1.84 bits per heavy atom. The highest BCUT2D eigenvalue weighted by atomic mass is 16.3. The van der Waals surface area contributed by atoms with Crippen molar-refractivity contribution in [2.24, 2.45) is 4.99 Å².